The zero-order valence-corrected chi connectivity index (χ0v) is 11.5. The van der Waals surface area contributed by atoms with Crippen LogP contribution in [0, 0.1) is 5.82 Å². The Labute approximate surface area is 121 Å². The van der Waals surface area contributed by atoms with Gasteiger partial charge in [0.25, 0.3) is 0 Å². The number of fused-ring (bicyclic) bond motifs is 3. The number of guanidine groups is 1. The van der Waals surface area contributed by atoms with Gasteiger partial charge in [-0.2, -0.15) is 5.10 Å². The first-order valence-electron chi connectivity index (χ1n) is 7.22. The van der Waals surface area contributed by atoms with Gasteiger partial charge in [0.05, 0.1) is 12.3 Å². The molecule has 21 heavy (non-hydrogen) atoms. The molecule has 0 amide bonds. The van der Waals surface area contributed by atoms with Crippen LogP contribution < -0.4 is 10.7 Å². The van der Waals surface area contributed by atoms with Gasteiger partial charge in [-0.15, -0.1) is 0 Å². The van der Waals surface area contributed by atoms with E-state index in [2.05, 4.69) is 25.8 Å². The fourth-order valence-electron chi connectivity index (χ4n) is 3.00. The van der Waals surface area contributed by atoms with E-state index >= 15 is 0 Å². The van der Waals surface area contributed by atoms with Gasteiger partial charge < -0.3 is 10.3 Å². The summed E-state index contributed by atoms with van der Waals surface area (Å²) in [4.78, 5) is 7.64. The first-order valence-corrected chi connectivity index (χ1v) is 7.22. The molecule has 0 radical (unpaired) electrons. The predicted molar refractivity (Wildman–Crippen MR) is 81.2 cm³/mol. The first kappa shape index (κ1) is 12.4. The molecule has 1 aromatic carbocycles. The number of aromatic nitrogens is 1. The summed E-state index contributed by atoms with van der Waals surface area (Å²) in [6.45, 7) is 1.62. The maximum absolute atomic E-state index is 13.5. The lowest BCUT2D eigenvalue weighted by Crippen LogP contribution is -2.31. The van der Waals surface area contributed by atoms with E-state index in [4.69, 9.17) is 0 Å². The number of aromatic amines is 1. The van der Waals surface area contributed by atoms with Crippen molar-refractivity contribution in [2.75, 3.05) is 13.1 Å². The fourth-order valence-corrected chi connectivity index (χ4v) is 3.00. The molecule has 0 spiro atoms. The fraction of sp³-hybridized carbons (Fsp3) is 0.333. The van der Waals surface area contributed by atoms with Crippen LogP contribution in [0.4, 0.5) is 4.39 Å². The lowest BCUT2D eigenvalue weighted by Gasteiger charge is -2.14. The number of aliphatic imine (C=N–C) groups is 1. The number of hydrogen-bond acceptors (Lipinski definition) is 4. The highest BCUT2D eigenvalue weighted by Gasteiger charge is 2.21. The van der Waals surface area contributed by atoms with Crippen molar-refractivity contribution in [1.82, 2.24) is 15.7 Å². The average molecular weight is 285 g/mol. The molecule has 0 saturated carbocycles. The molecule has 2 aromatic rings. The van der Waals surface area contributed by atoms with Crippen molar-refractivity contribution < 1.29 is 4.39 Å². The van der Waals surface area contributed by atoms with E-state index in [-0.39, 0.29) is 5.82 Å². The van der Waals surface area contributed by atoms with Crippen LogP contribution in [-0.2, 0) is 6.42 Å². The third kappa shape index (κ3) is 2.16. The molecule has 0 unspecified atom stereocenters. The van der Waals surface area contributed by atoms with Gasteiger partial charge in [-0.25, -0.2) is 14.8 Å². The molecule has 6 heteroatoms. The minimum atomic E-state index is -0.219. The summed E-state index contributed by atoms with van der Waals surface area (Å²) in [5, 5.41) is 8.52. The minimum Gasteiger partial charge on any atom is -0.358 e. The molecule has 0 atom stereocenters. The van der Waals surface area contributed by atoms with E-state index in [1.165, 1.54) is 6.07 Å². The van der Waals surface area contributed by atoms with Crippen LogP contribution in [0.15, 0.2) is 28.3 Å². The topological polar surface area (TPSA) is 64.6 Å². The lowest BCUT2D eigenvalue weighted by atomic mass is 9.93. The SMILES string of the molecule is Fc1ccc2[nH]c3c(c2c1)/C(=N/NC1=NCCN1)CCC3. The molecule has 108 valence electrons. The molecule has 4 rings (SSSR count). The van der Waals surface area contributed by atoms with E-state index in [0.29, 0.717) is 5.96 Å². The number of aryl methyl sites for hydroxylation is 1. The van der Waals surface area contributed by atoms with E-state index in [1.807, 2.05) is 0 Å². The Kier molecular flexibility index (Phi) is 2.87. The highest BCUT2D eigenvalue weighted by molar-refractivity contribution is 6.13. The molecule has 0 fully saturated rings. The van der Waals surface area contributed by atoms with Gasteiger partial charge in [-0.1, -0.05) is 0 Å². The number of nitrogens with one attached hydrogen (secondary N) is 3. The molecule has 2 heterocycles. The number of hydrazone groups is 1. The standard InChI is InChI=1S/C15H16FN5/c16-9-4-5-11-10(8-9)14-12(19-11)2-1-3-13(14)20-21-15-17-6-7-18-15/h4-5,8,19H,1-3,6-7H2,(H2,17,18,21)/b20-13+. The van der Waals surface area contributed by atoms with Crippen LogP contribution in [0.2, 0.25) is 0 Å². The molecule has 1 aliphatic carbocycles. The molecular formula is C15H16FN5. The second-order valence-electron chi connectivity index (χ2n) is 5.35. The third-order valence-corrected chi connectivity index (χ3v) is 3.94. The maximum Gasteiger partial charge on any atom is 0.212 e. The van der Waals surface area contributed by atoms with Crippen LogP contribution in [0.5, 0.6) is 0 Å². The molecular weight excluding hydrogens is 269 g/mol. The third-order valence-electron chi connectivity index (χ3n) is 3.94. The summed E-state index contributed by atoms with van der Waals surface area (Å²) < 4.78 is 13.5. The highest BCUT2D eigenvalue weighted by atomic mass is 19.1. The summed E-state index contributed by atoms with van der Waals surface area (Å²) in [6, 6.07) is 4.85. The highest BCUT2D eigenvalue weighted by Crippen LogP contribution is 2.29. The zero-order valence-electron chi connectivity index (χ0n) is 11.5. The number of hydrogen-bond donors (Lipinski definition) is 3. The number of nitrogens with zero attached hydrogens (tertiary/aromatic N) is 2. The summed E-state index contributed by atoms with van der Waals surface area (Å²) in [5.74, 6) is 0.490. The maximum atomic E-state index is 13.5. The Bertz CT molecular complexity index is 759. The first-order chi connectivity index (χ1) is 10.3. The van der Waals surface area contributed by atoms with E-state index in [0.717, 1.165) is 60.2 Å². The molecule has 0 saturated heterocycles. The van der Waals surface area contributed by atoms with Crippen LogP contribution in [0.1, 0.15) is 24.1 Å². The van der Waals surface area contributed by atoms with Crippen LogP contribution in [0.25, 0.3) is 10.9 Å². The summed E-state index contributed by atoms with van der Waals surface area (Å²) in [7, 11) is 0. The normalized spacial score (nSPS) is 19.5. The number of H-pyrrole nitrogens is 1. The van der Waals surface area contributed by atoms with Crippen LogP contribution in [-0.4, -0.2) is 29.7 Å². The molecule has 3 N–H and O–H groups in total. The van der Waals surface area contributed by atoms with Gasteiger partial charge in [0, 0.05) is 28.7 Å². The van der Waals surface area contributed by atoms with Gasteiger partial charge in [0.15, 0.2) is 0 Å². The monoisotopic (exact) mass is 285 g/mol. The Morgan fingerprint density at radius 2 is 2.24 bits per heavy atom. The zero-order chi connectivity index (χ0) is 14.2. The Morgan fingerprint density at radius 1 is 1.29 bits per heavy atom. The molecule has 1 aliphatic heterocycles. The van der Waals surface area contributed by atoms with E-state index < -0.39 is 0 Å². The van der Waals surface area contributed by atoms with E-state index in [9.17, 15) is 4.39 Å². The Balaban J connectivity index is 1.77. The van der Waals surface area contributed by atoms with Gasteiger partial charge in [0.2, 0.25) is 5.96 Å². The molecule has 1 aromatic heterocycles. The Morgan fingerprint density at radius 3 is 3.10 bits per heavy atom. The van der Waals surface area contributed by atoms with Crippen molar-refractivity contribution in [3.8, 4) is 0 Å². The summed E-state index contributed by atoms with van der Waals surface area (Å²) in [6.07, 6.45) is 2.91. The van der Waals surface area contributed by atoms with Gasteiger partial charge in [-0.05, 0) is 37.5 Å². The van der Waals surface area contributed by atoms with Gasteiger partial charge in [0.1, 0.15) is 5.82 Å². The lowest BCUT2D eigenvalue weighted by molar-refractivity contribution is 0.629. The van der Waals surface area contributed by atoms with Crippen molar-refractivity contribution in [1.29, 1.82) is 0 Å². The number of halogens is 1. The number of rotatable bonds is 1. The summed E-state index contributed by atoms with van der Waals surface area (Å²) in [5.41, 5.74) is 7.09. The van der Waals surface area contributed by atoms with Gasteiger partial charge >= 0.3 is 0 Å². The molecule has 2 aliphatic rings. The molecule has 5 nitrogen and oxygen atoms in total. The minimum absolute atomic E-state index is 0.219. The predicted octanol–water partition coefficient (Wildman–Crippen LogP) is 1.90. The largest absolute Gasteiger partial charge is 0.358 e. The second-order valence-corrected chi connectivity index (χ2v) is 5.35. The second kappa shape index (κ2) is 4.87. The smallest absolute Gasteiger partial charge is 0.212 e. The van der Waals surface area contributed by atoms with Crippen molar-refractivity contribution in [2.24, 2.45) is 10.1 Å². The van der Waals surface area contributed by atoms with Crippen molar-refractivity contribution in [3.63, 3.8) is 0 Å². The molecule has 0 bridgehead atoms. The van der Waals surface area contributed by atoms with Crippen molar-refractivity contribution >= 4 is 22.6 Å². The van der Waals surface area contributed by atoms with Crippen LogP contribution >= 0.6 is 0 Å². The van der Waals surface area contributed by atoms with Crippen LogP contribution in [0.3, 0.4) is 0 Å². The van der Waals surface area contributed by atoms with E-state index in [1.54, 1.807) is 12.1 Å². The summed E-state index contributed by atoms with van der Waals surface area (Å²) >= 11 is 0. The van der Waals surface area contributed by atoms with Crippen molar-refractivity contribution in [2.45, 2.75) is 19.3 Å². The number of benzene rings is 1. The van der Waals surface area contributed by atoms with Gasteiger partial charge in [-0.3, -0.25) is 0 Å². The van der Waals surface area contributed by atoms with Crippen molar-refractivity contribution in [3.05, 3.63) is 35.3 Å². The Hall–Kier alpha value is -2.37. The quantitative estimate of drug-likeness (QED) is 0.701. The average Bonchev–Trinajstić information content (AvgIpc) is 3.12.